The predicted octanol–water partition coefficient (Wildman–Crippen LogP) is 4.41. The fraction of sp³-hybridized carbons (Fsp3) is 0.0588. The number of hydrogen-bond donors (Lipinski definition) is 2. The molecule has 0 radical (unpaired) electrons. The maximum absolute atomic E-state index is 12.9. The molecule has 2 aromatic carbocycles. The molecule has 3 rings (SSSR count). The second kappa shape index (κ2) is 6.22. The van der Waals surface area contributed by atoms with Crippen LogP contribution in [0.2, 0.25) is 0 Å². The molecule has 0 aliphatic rings. The summed E-state index contributed by atoms with van der Waals surface area (Å²) in [5, 5.41) is 6.37. The van der Waals surface area contributed by atoms with E-state index in [1.165, 1.54) is 12.1 Å². The summed E-state index contributed by atoms with van der Waals surface area (Å²) in [5.74, 6) is 1.72. The highest BCUT2D eigenvalue weighted by Gasteiger charge is 2.03. The van der Waals surface area contributed by atoms with Crippen LogP contribution in [0.5, 0.6) is 0 Å². The molecule has 0 spiro atoms. The normalized spacial score (nSPS) is 10.3. The van der Waals surface area contributed by atoms with E-state index in [1.807, 2.05) is 43.3 Å². The van der Waals surface area contributed by atoms with Crippen molar-refractivity contribution in [3.05, 3.63) is 72.3 Å². The largest absolute Gasteiger partial charge is 0.340 e. The molecule has 0 bridgehead atoms. The lowest BCUT2D eigenvalue weighted by Crippen LogP contribution is -2.01. The highest BCUT2D eigenvalue weighted by Crippen LogP contribution is 2.20. The number of para-hydroxylation sites is 1. The van der Waals surface area contributed by atoms with Crippen molar-refractivity contribution < 1.29 is 4.39 Å². The van der Waals surface area contributed by atoms with E-state index < -0.39 is 0 Å². The summed E-state index contributed by atoms with van der Waals surface area (Å²) in [7, 11) is 0. The number of aryl methyl sites for hydroxylation is 1. The highest BCUT2D eigenvalue weighted by atomic mass is 19.1. The first-order valence-electron chi connectivity index (χ1n) is 6.89. The maximum atomic E-state index is 12.9. The van der Waals surface area contributed by atoms with E-state index in [0.717, 1.165) is 11.4 Å². The van der Waals surface area contributed by atoms with Crippen molar-refractivity contribution in [2.45, 2.75) is 6.92 Å². The zero-order valence-electron chi connectivity index (χ0n) is 12.0. The number of nitrogens with zero attached hydrogens (tertiary/aromatic N) is 2. The van der Waals surface area contributed by atoms with Crippen molar-refractivity contribution in [3.8, 4) is 0 Å². The summed E-state index contributed by atoms with van der Waals surface area (Å²) in [6.45, 7) is 1.83. The molecule has 0 saturated heterocycles. The van der Waals surface area contributed by atoms with Gasteiger partial charge in [0, 0.05) is 17.4 Å². The molecule has 110 valence electrons. The van der Waals surface area contributed by atoms with Crippen LogP contribution >= 0.6 is 0 Å². The van der Waals surface area contributed by atoms with Crippen LogP contribution < -0.4 is 10.6 Å². The molecule has 0 atom stereocenters. The quantitative estimate of drug-likeness (QED) is 0.748. The molecule has 1 aromatic heterocycles. The molecule has 1 heterocycles. The van der Waals surface area contributed by atoms with Gasteiger partial charge in [-0.05, 0) is 43.3 Å². The molecule has 0 aliphatic carbocycles. The lowest BCUT2D eigenvalue weighted by molar-refractivity contribution is 0.628. The standard InChI is InChI=1S/C17H15FN4/c1-12-19-16(21-14-5-3-2-4-6-14)11-17(20-12)22-15-9-7-13(18)8-10-15/h2-11H,1H3,(H2,19,20,21,22). The fourth-order valence-electron chi connectivity index (χ4n) is 2.05. The van der Waals surface area contributed by atoms with Gasteiger partial charge in [-0.1, -0.05) is 18.2 Å². The Morgan fingerprint density at radius 1 is 0.773 bits per heavy atom. The van der Waals surface area contributed by atoms with E-state index in [1.54, 1.807) is 12.1 Å². The first-order chi connectivity index (χ1) is 10.7. The van der Waals surface area contributed by atoms with Gasteiger partial charge in [0.2, 0.25) is 0 Å². The Kier molecular flexibility index (Phi) is 3.96. The van der Waals surface area contributed by atoms with Crippen LogP contribution in [0, 0.1) is 12.7 Å². The van der Waals surface area contributed by atoms with Gasteiger partial charge in [-0.15, -0.1) is 0 Å². The summed E-state index contributed by atoms with van der Waals surface area (Å²) < 4.78 is 12.9. The number of aromatic nitrogens is 2. The molecule has 2 N–H and O–H groups in total. The molecule has 0 aliphatic heterocycles. The molecule has 3 aromatic rings. The molecule has 22 heavy (non-hydrogen) atoms. The summed E-state index contributed by atoms with van der Waals surface area (Å²) in [4.78, 5) is 8.70. The van der Waals surface area contributed by atoms with Crippen molar-refractivity contribution in [3.63, 3.8) is 0 Å². The van der Waals surface area contributed by atoms with E-state index in [2.05, 4.69) is 20.6 Å². The average molecular weight is 294 g/mol. The van der Waals surface area contributed by atoms with Crippen molar-refractivity contribution in [2.75, 3.05) is 10.6 Å². The van der Waals surface area contributed by atoms with Gasteiger partial charge in [0.05, 0.1) is 0 Å². The van der Waals surface area contributed by atoms with Gasteiger partial charge in [-0.25, -0.2) is 14.4 Å². The number of nitrogens with one attached hydrogen (secondary N) is 2. The van der Waals surface area contributed by atoms with Gasteiger partial charge in [0.1, 0.15) is 23.3 Å². The van der Waals surface area contributed by atoms with Gasteiger partial charge >= 0.3 is 0 Å². The predicted molar refractivity (Wildman–Crippen MR) is 86.2 cm³/mol. The van der Waals surface area contributed by atoms with Crippen molar-refractivity contribution in [2.24, 2.45) is 0 Å². The summed E-state index contributed by atoms with van der Waals surface area (Å²) in [5.41, 5.74) is 1.72. The molecule has 4 nitrogen and oxygen atoms in total. The van der Waals surface area contributed by atoms with E-state index in [4.69, 9.17) is 0 Å². The first-order valence-corrected chi connectivity index (χ1v) is 6.89. The molecule has 5 heteroatoms. The molecular weight excluding hydrogens is 279 g/mol. The van der Waals surface area contributed by atoms with Crippen LogP contribution in [0.25, 0.3) is 0 Å². The van der Waals surface area contributed by atoms with Crippen LogP contribution in [0.15, 0.2) is 60.7 Å². The van der Waals surface area contributed by atoms with Gasteiger partial charge in [-0.2, -0.15) is 0 Å². The van der Waals surface area contributed by atoms with Crippen LogP contribution in [0.4, 0.5) is 27.4 Å². The number of anilines is 4. The molecule has 0 unspecified atom stereocenters. The maximum Gasteiger partial charge on any atom is 0.136 e. The number of benzene rings is 2. The van der Waals surface area contributed by atoms with Crippen molar-refractivity contribution in [1.29, 1.82) is 0 Å². The Bertz CT molecular complexity index is 757. The highest BCUT2D eigenvalue weighted by molar-refractivity contribution is 5.63. The van der Waals surface area contributed by atoms with Crippen LogP contribution in [0.1, 0.15) is 5.82 Å². The Hall–Kier alpha value is -2.95. The number of rotatable bonds is 4. The fourth-order valence-corrected chi connectivity index (χ4v) is 2.05. The lowest BCUT2D eigenvalue weighted by atomic mass is 10.3. The molecule has 0 saturated carbocycles. The van der Waals surface area contributed by atoms with Gasteiger partial charge in [0.25, 0.3) is 0 Å². The Balaban J connectivity index is 1.82. The van der Waals surface area contributed by atoms with Gasteiger partial charge in [-0.3, -0.25) is 0 Å². The zero-order valence-corrected chi connectivity index (χ0v) is 12.0. The number of halogens is 1. The minimum atomic E-state index is -0.268. The van der Waals surface area contributed by atoms with E-state index in [9.17, 15) is 4.39 Å². The third-order valence-electron chi connectivity index (χ3n) is 3.00. The third kappa shape index (κ3) is 3.58. The van der Waals surface area contributed by atoms with E-state index in [-0.39, 0.29) is 5.82 Å². The summed E-state index contributed by atoms with van der Waals surface area (Å²) in [6.07, 6.45) is 0. The Labute approximate surface area is 128 Å². The van der Waals surface area contributed by atoms with Crippen LogP contribution in [-0.2, 0) is 0 Å². The van der Waals surface area contributed by atoms with E-state index in [0.29, 0.717) is 17.5 Å². The minimum Gasteiger partial charge on any atom is -0.340 e. The second-order valence-corrected chi connectivity index (χ2v) is 4.81. The Morgan fingerprint density at radius 3 is 1.91 bits per heavy atom. The van der Waals surface area contributed by atoms with Crippen LogP contribution in [-0.4, -0.2) is 9.97 Å². The van der Waals surface area contributed by atoms with E-state index >= 15 is 0 Å². The summed E-state index contributed by atoms with van der Waals surface area (Å²) >= 11 is 0. The summed E-state index contributed by atoms with van der Waals surface area (Å²) in [6, 6.07) is 17.7. The Morgan fingerprint density at radius 2 is 1.32 bits per heavy atom. The van der Waals surface area contributed by atoms with Gasteiger partial charge < -0.3 is 10.6 Å². The topological polar surface area (TPSA) is 49.8 Å². The van der Waals surface area contributed by atoms with Crippen LogP contribution in [0.3, 0.4) is 0 Å². The molecule has 0 amide bonds. The molecular formula is C17H15FN4. The van der Waals surface area contributed by atoms with Crippen molar-refractivity contribution >= 4 is 23.0 Å². The SMILES string of the molecule is Cc1nc(Nc2ccccc2)cc(Nc2ccc(F)cc2)n1. The average Bonchev–Trinajstić information content (AvgIpc) is 2.50. The third-order valence-corrected chi connectivity index (χ3v) is 3.00. The monoisotopic (exact) mass is 294 g/mol. The minimum absolute atomic E-state index is 0.268. The number of hydrogen-bond acceptors (Lipinski definition) is 4. The first kappa shape index (κ1) is 14.0. The lowest BCUT2D eigenvalue weighted by Gasteiger charge is -2.10. The second-order valence-electron chi connectivity index (χ2n) is 4.81. The van der Waals surface area contributed by atoms with Crippen molar-refractivity contribution in [1.82, 2.24) is 9.97 Å². The smallest absolute Gasteiger partial charge is 0.136 e. The zero-order chi connectivity index (χ0) is 15.4. The molecule has 0 fully saturated rings. The van der Waals surface area contributed by atoms with Gasteiger partial charge in [0.15, 0.2) is 0 Å².